The zero-order chi connectivity index (χ0) is 24.4. The van der Waals surface area contributed by atoms with Crippen LogP contribution in [0.5, 0.6) is 0 Å². The van der Waals surface area contributed by atoms with Crippen molar-refractivity contribution in [2.45, 2.75) is 66.0 Å². The Hall–Kier alpha value is -1.16. The first-order valence-corrected chi connectivity index (χ1v) is 14.2. The third kappa shape index (κ3) is 5.47. The summed E-state index contributed by atoms with van der Waals surface area (Å²) < 4.78 is 13.8. The van der Waals surface area contributed by atoms with E-state index < -0.39 is 12.4 Å². The molecule has 2 amide bonds. The van der Waals surface area contributed by atoms with Gasteiger partial charge < -0.3 is 10.6 Å². The first-order valence-electron chi connectivity index (χ1n) is 11.9. The van der Waals surface area contributed by atoms with Crippen molar-refractivity contribution in [1.29, 1.82) is 0 Å². The second kappa shape index (κ2) is 11.7. The summed E-state index contributed by atoms with van der Waals surface area (Å²) in [6.07, 6.45) is 4.71. The van der Waals surface area contributed by atoms with Gasteiger partial charge in [-0.2, -0.15) is 0 Å². The molecule has 2 N–H and O–H groups in total. The van der Waals surface area contributed by atoms with E-state index in [-0.39, 0.29) is 50.3 Å². The normalized spacial score (nSPS) is 14.6. The Kier molecular flexibility index (Phi) is 10.0. The molecule has 0 heterocycles. The predicted octanol–water partition coefficient (Wildman–Crippen LogP) is 6.61. The molecule has 2 aromatic carbocycles. The van der Waals surface area contributed by atoms with Crippen LogP contribution in [0.15, 0.2) is 30.3 Å². The maximum atomic E-state index is 13.8. The van der Waals surface area contributed by atoms with Crippen LogP contribution < -0.4 is 10.6 Å². The van der Waals surface area contributed by atoms with Crippen LogP contribution in [0.1, 0.15) is 55.4 Å². The fourth-order valence-corrected chi connectivity index (χ4v) is 10.2. The quantitative estimate of drug-likeness (QED) is 0.357. The van der Waals surface area contributed by atoms with E-state index in [4.69, 9.17) is 0 Å². The number of nitrogens with one attached hydrogen (secondary N) is 2. The van der Waals surface area contributed by atoms with Crippen molar-refractivity contribution < 1.29 is 46.7 Å². The number of halogens is 1. The minimum Gasteiger partial charge on any atom is -0.322 e. The van der Waals surface area contributed by atoms with Gasteiger partial charge in [0, 0.05) is 51.3 Å². The Morgan fingerprint density at radius 2 is 1.41 bits per heavy atom. The van der Waals surface area contributed by atoms with Gasteiger partial charge >= 0.3 is 0 Å². The molecule has 2 aromatic rings. The van der Waals surface area contributed by atoms with E-state index in [2.05, 4.69) is 24.5 Å². The molecule has 1 fully saturated rings. The Morgan fingerprint density at radius 3 is 1.85 bits per heavy atom. The molecule has 0 aromatic heterocycles. The maximum absolute atomic E-state index is 13.8. The Labute approximate surface area is 229 Å². The van der Waals surface area contributed by atoms with Gasteiger partial charge in [-0.05, 0) is 95.2 Å². The van der Waals surface area contributed by atoms with Crippen LogP contribution in [0.25, 0.3) is 0 Å². The van der Waals surface area contributed by atoms with Gasteiger partial charge in [-0.1, -0.05) is 18.2 Å². The van der Waals surface area contributed by atoms with Gasteiger partial charge in [0.15, 0.2) is 5.16 Å². The third-order valence-corrected chi connectivity index (χ3v) is 13.4. The molecule has 3 rings (SSSR count). The molecular formula is C27H37FN2O2PY+. The zero-order valence-electron chi connectivity index (χ0n) is 21.3. The number of amides is 2. The fraction of sp³-hybridized carbons (Fsp3) is 0.481. The summed E-state index contributed by atoms with van der Waals surface area (Å²) >= 11 is 0. The van der Waals surface area contributed by atoms with Crippen LogP contribution in [0.3, 0.4) is 0 Å². The number of benzene rings is 2. The van der Waals surface area contributed by atoms with Gasteiger partial charge in [0.1, 0.15) is 12.0 Å². The number of carbonyl (C=O) groups is 2. The summed E-state index contributed by atoms with van der Waals surface area (Å²) in [6.45, 7) is 11.9. The van der Waals surface area contributed by atoms with Crippen molar-refractivity contribution in [2.24, 2.45) is 0 Å². The minimum absolute atomic E-state index is 0. The molecule has 1 aliphatic rings. The summed E-state index contributed by atoms with van der Waals surface area (Å²) in [5.41, 5.74) is 5.09. The van der Waals surface area contributed by atoms with Crippen LogP contribution in [-0.2, 0) is 42.3 Å². The number of hydrogen-bond acceptors (Lipinski definition) is 2. The average molecular weight is 560 g/mol. The van der Waals surface area contributed by atoms with Gasteiger partial charge in [0.2, 0.25) is 0 Å². The van der Waals surface area contributed by atoms with Gasteiger partial charge in [0.25, 0.3) is 11.8 Å². The largest absolute Gasteiger partial charge is 0.322 e. The molecule has 1 saturated carbocycles. The minimum atomic E-state index is -1.95. The van der Waals surface area contributed by atoms with E-state index in [0.29, 0.717) is 11.8 Å². The Morgan fingerprint density at radius 1 is 0.912 bits per heavy atom. The molecule has 1 aliphatic carbocycles. The van der Waals surface area contributed by atoms with Crippen LogP contribution >= 0.6 is 7.26 Å². The number of carbonyl (C=O) groups excluding carboxylic acids is 2. The van der Waals surface area contributed by atoms with Crippen molar-refractivity contribution >= 4 is 30.5 Å². The molecule has 0 saturated heterocycles. The third-order valence-electron chi connectivity index (χ3n) is 7.65. The predicted molar refractivity (Wildman–Crippen MR) is 139 cm³/mol. The smallest absolute Gasteiger partial charge is 0.268 e. The zero-order valence-corrected chi connectivity index (χ0v) is 25.1. The fourth-order valence-electron chi connectivity index (χ4n) is 5.44. The number of hydrogen-bond donors (Lipinski definition) is 2. The summed E-state index contributed by atoms with van der Waals surface area (Å²) in [4.78, 5) is 27.1. The van der Waals surface area contributed by atoms with Gasteiger partial charge in [-0.3, -0.25) is 9.59 Å². The second-order valence-electron chi connectivity index (χ2n) is 9.50. The van der Waals surface area contributed by atoms with Crippen molar-refractivity contribution in [3.8, 4) is 0 Å². The molecule has 0 bridgehead atoms. The van der Waals surface area contributed by atoms with Gasteiger partial charge in [-0.15, -0.1) is 0 Å². The van der Waals surface area contributed by atoms with Crippen molar-refractivity contribution in [3.63, 3.8) is 0 Å². The average Bonchev–Trinajstić information content (AvgIpc) is 2.71. The number of rotatable bonds is 8. The summed E-state index contributed by atoms with van der Waals surface area (Å²) in [6, 6.07) is 8.90. The standard InChI is InChI=1S/C27H36FN2O2P.Y/c1-7-33(8-2,17-23(31)29-24-18(3)11-9-12-19(24)4)27(13-10-14-27)26(32)30-25-20(5)15-22(28)16-21(25)6;/h9,11-12,15-16H,7-8,10,13-14,17H2,1-6H3,(H-,29,30,31,32);/p+1. The molecule has 0 atom stereocenters. The first-order chi connectivity index (χ1) is 15.6. The molecule has 0 aliphatic heterocycles. The first kappa shape index (κ1) is 29.1. The van der Waals surface area contributed by atoms with Crippen LogP contribution in [-0.4, -0.2) is 35.5 Å². The van der Waals surface area contributed by atoms with Gasteiger partial charge in [0.05, 0.1) is 12.3 Å². The maximum Gasteiger partial charge on any atom is 0.268 e. The number of anilines is 2. The summed E-state index contributed by atoms with van der Waals surface area (Å²) in [7, 11) is -1.95. The second-order valence-corrected chi connectivity index (χ2v) is 14.2. The van der Waals surface area contributed by atoms with Crippen LogP contribution in [0.4, 0.5) is 15.8 Å². The summed E-state index contributed by atoms with van der Waals surface area (Å²) in [5.74, 6) is -0.297. The van der Waals surface area contributed by atoms with Crippen LogP contribution in [0.2, 0.25) is 0 Å². The monoisotopic (exact) mass is 560 g/mol. The molecule has 181 valence electrons. The topological polar surface area (TPSA) is 58.2 Å². The van der Waals surface area contributed by atoms with E-state index in [9.17, 15) is 14.0 Å². The molecule has 1 radical (unpaired) electrons. The molecule has 0 unspecified atom stereocenters. The molecular weight excluding hydrogens is 523 g/mol. The van der Waals surface area contributed by atoms with E-state index in [1.807, 2.05) is 45.9 Å². The Balaban J connectivity index is 0.00000408. The number of para-hydroxylation sites is 1. The Bertz CT molecular complexity index is 1020. The molecule has 34 heavy (non-hydrogen) atoms. The molecule has 0 spiro atoms. The van der Waals surface area contributed by atoms with Crippen molar-refractivity contribution in [2.75, 3.05) is 29.1 Å². The van der Waals surface area contributed by atoms with Crippen molar-refractivity contribution in [1.82, 2.24) is 0 Å². The van der Waals surface area contributed by atoms with E-state index in [1.54, 1.807) is 0 Å². The van der Waals surface area contributed by atoms with E-state index in [1.165, 1.54) is 12.1 Å². The van der Waals surface area contributed by atoms with E-state index in [0.717, 1.165) is 59.5 Å². The van der Waals surface area contributed by atoms with E-state index >= 15 is 0 Å². The summed E-state index contributed by atoms with van der Waals surface area (Å²) in [5, 5.41) is 5.81. The number of aryl methyl sites for hydroxylation is 4. The molecule has 7 heteroatoms. The van der Waals surface area contributed by atoms with Crippen LogP contribution in [0, 0.1) is 33.5 Å². The van der Waals surface area contributed by atoms with Crippen molar-refractivity contribution in [3.05, 3.63) is 58.4 Å². The SMILES string of the molecule is CC[P+](CC)(CC(=O)Nc1c(C)cccc1C)C1(C(=O)Nc2c(C)cc(F)cc2C)CCC1.[Y]. The van der Waals surface area contributed by atoms with Gasteiger partial charge in [-0.25, -0.2) is 4.39 Å². The molecule has 4 nitrogen and oxygen atoms in total.